The Morgan fingerprint density at radius 1 is 1.00 bits per heavy atom. The second kappa shape index (κ2) is 8.00. The van der Waals surface area contributed by atoms with E-state index >= 15 is 0 Å². The zero-order valence-electron chi connectivity index (χ0n) is 14.2. The number of ether oxygens (including phenoxy) is 2. The number of hydrogen-bond donors (Lipinski definition) is 1. The number of rotatable bonds is 7. The lowest BCUT2D eigenvalue weighted by Crippen LogP contribution is -2.22. The summed E-state index contributed by atoms with van der Waals surface area (Å²) in [5, 5.41) is 2.65. The number of anilines is 1. The highest BCUT2D eigenvalue weighted by molar-refractivity contribution is 7.89. The average molecular weight is 364 g/mol. The molecule has 0 aliphatic carbocycles. The van der Waals surface area contributed by atoms with Crippen LogP contribution < -0.4 is 14.8 Å². The van der Waals surface area contributed by atoms with Gasteiger partial charge in [-0.1, -0.05) is 0 Å². The summed E-state index contributed by atoms with van der Waals surface area (Å²) in [6.45, 7) is -0.163. The van der Waals surface area contributed by atoms with Crippen LogP contribution in [0.5, 0.6) is 11.5 Å². The van der Waals surface area contributed by atoms with Crippen LogP contribution in [-0.4, -0.2) is 46.4 Å². The van der Waals surface area contributed by atoms with E-state index in [2.05, 4.69) is 5.32 Å². The van der Waals surface area contributed by atoms with Gasteiger partial charge in [0.25, 0.3) is 5.91 Å². The van der Waals surface area contributed by atoms with Crippen LogP contribution in [0.1, 0.15) is 0 Å². The molecule has 0 bridgehead atoms. The second-order valence-corrected chi connectivity index (χ2v) is 7.48. The van der Waals surface area contributed by atoms with Crippen molar-refractivity contribution in [2.24, 2.45) is 0 Å². The summed E-state index contributed by atoms with van der Waals surface area (Å²) in [4.78, 5) is 12.1. The number of nitrogens with zero attached hydrogens (tertiary/aromatic N) is 1. The van der Waals surface area contributed by atoms with Crippen molar-refractivity contribution in [1.29, 1.82) is 0 Å². The van der Waals surface area contributed by atoms with Gasteiger partial charge < -0.3 is 14.8 Å². The van der Waals surface area contributed by atoms with Crippen molar-refractivity contribution in [2.75, 3.05) is 33.1 Å². The van der Waals surface area contributed by atoms with Crippen LogP contribution >= 0.6 is 0 Å². The van der Waals surface area contributed by atoms with Crippen LogP contribution in [0.25, 0.3) is 0 Å². The Bertz CT molecular complexity index is 815. The third kappa shape index (κ3) is 4.94. The van der Waals surface area contributed by atoms with Gasteiger partial charge in [-0.3, -0.25) is 4.79 Å². The maximum absolute atomic E-state index is 12.0. The van der Waals surface area contributed by atoms with Crippen molar-refractivity contribution >= 4 is 21.6 Å². The van der Waals surface area contributed by atoms with E-state index in [1.165, 1.54) is 38.4 Å². The van der Waals surface area contributed by atoms with E-state index in [4.69, 9.17) is 9.47 Å². The van der Waals surface area contributed by atoms with E-state index in [1.54, 1.807) is 31.4 Å². The first-order valence-electron chi connectivity index (χ1n) is 7.42. The van der Waals surface area contributed by atoms with Gasteiger partial charge in [0.1, 0.15) is 11.5 Å². The van der Waals surface area contributed by atoms with Crippen LogP contribution in [0, 0.1) is 0 Å². The highest BCUT2D eigenvalue weighted by atomic mass is 32.2. The van der Waals surface area contributed by atoms with Crippen molar-refractivity contribution in [3.63, 3.8) is 0 Å². The fourth-order valence-electron chi connectivity index (χ4n) is 1.94. The van der Waals surface area contributed by atoms with E-state index in [0.29, 0.717) is 17.2 Å². The molecule has 0 fully saturated rings. The largest absolute Gasteiger partial charge is 0.497 e. The number of sulfonamides is 1. The monoisotopic (exact) mass is 364 g/mol. The predicted molar refractivity (Wildman–Crippen MR) is 94.4 cm³/mol. The summed E-state index contributed by atoms with van der Waals surface area (Å²) in [5.41, 5.74) is 0.487. The van der Waals surface area contributed by atoms with Crippen molar-refractivity contribution in [3.8, 4) is 11.5 Å². The molecule has 0 heterocycles. The molecule has 7 nitrogen and oxygen atoms in total. The fraction of sp³-hybridized carbons (Fsp3) is 0.235. The minimum atomic E-state index is -3.49. The lowest BCUT2D eigenvalue weighted by Gasteiger charge is -2.12. The third-order valence-electron chi connectivity index (χ3n) is 3.35. The summed E-state index contributed by atoms with van der Waals surface area (Å²) in [6, 6.07) is 12.8. The smallest absolute Gasteiger partial charge is 0.262 e. The molecule has 0 atom stereocenters. The number of amides is 1. The van der Waals surface area contributed by atoms with E-state index in [1.807, 2.05) is 0 Å². The van der Waals surface area contributed by atoms with Gasteiger partial charge in [-0.15, -0.1) is 0 Å². The van der Waals surface area contributed by atoms with Crippen LogP contribution in [-0.2, 0) is 14.8 Å². The standard InChI is InChI=1S/C17H20N2O5S/c1-19(2)25(21,22)16-10-4-13(5-11-16)18-17(20)12-24-15-8-6-14(23-3)7-9-15/h4-11H,12H2,1-3H3,(H,18,20). The number of benzene rings is 2. The SMILES string of the molecule is COc1ccc(OCC(=O)Nc2ccc(S(=O)(=O)N(C)C)cc2)cc1. The number of hydrogen-bond acceptors (Lipinski definition) is 5. The Labute approximate surface area is 147 Å². The first-order chi connectivity index (χ1) is 11.8. The number of nitrogens with one attached hydrogen (secondary N) is 1. The molecule has 0 saturated heterocycles. The molecular formula is C17H20N2O5S. The summed E-state index contributed by atoms with van der Waals surface area (Å²) >= 11 is 0. The molecule has 0 saturated carbocycles. The topological polar surface area (TPSA) is 84.9 Å². The van der Waals surface area contributed by atoms with Crippen LogP contribution in [0.2, 0.25) is 0 Å². The molecule has 2 aromatic carbocycles. The normalized spacial score (nSPS) is 11.2. The molecule has 0 spiro atoms. The maximum Gasteiger partial charge on any atom is 0.262 e. The molecule has 1 N–H and O–H groups in total. The molecule has 25 heavy (non-hydrogen) atoms. The third-order valence-corrected chi connectivity index (χ3v) is 5.18. The molecule has 1 amide bonds. The Morgan fingerprint density at radius 2 is 1.56 bits per heavy atom. The zero-order chi connectivity index (χ0) is 18.4. The molecule has 8 heteroatoms. The number of carbonyl (C=O) groups is 1. The Balaban J connectivity index is 1.92. The molecule has 2 aromatic rings. The molecule has 0 unspecified atom stereocenters. The Hall–Kier alpha value is -2.58. The quantitative estimate of drug-likeness (QED) is 0.812. The van der Waals surface area contributed by atoms with Crippen LogP contribution in [0.3, 0.4) is 0 Å². The van der Waals surface area contributed by atoms with Gasteiger partial charge in [0, 0.05) is 19.8 Å². The molecule has 0 radical (unpaired) electrons. The molecule has 0 aliphatic rings. The van der Waals surface area contributed by atoms with E-state index < -0.39 is 10.0 Å². The maximum atomic E-state index is 12.0. The summed E-state index contributed by atoms with van der Waals surface area (Å²) in [5.74, 6) is 0.895. The Morgan fingerprint density at radius 3 is 2.08 bits per heavy atom. The zero-order valence-corrected chi connectivity index (χ0v) is 15.0. The van der Waals surface area contributed by atoms with Crippen molar-refractivity contribution in [3.05, 3.63) is 48.5 Å². The average Bonchev–Trinajstić information content (AvgIpc) is 2.60. The first kappa shape index (κ1) is 18.8. The van der Waals surface area contributed by atoms with E-state index in [0.717, 1.165) is 4.31 Å². The van der Waals surface area contributed by atoms with Gasteiger partial charge in [0.05, 0.1) is 12.0 Å². The van der Waals surface area contributed by atoms with Crippen molar-refractivity contribution < 1.29 is 22.7 Å². The van der Waals surface area contributed by atoms with Gasteiger partial charge in [-0.25, -0.2) is 12.7 Å². The van der Waals surface area contributed by atoms with Crippen molar-refractivity contribution in [2.45, 2.75) is 4.90 Å². The first-order valence-corrected chi connectivity index (χ1v) is 8.86. The highest BCUT2D eigenvalue weighted by Crippen LogP contribution is 2.18. The van der Waals surface area contributed by atoms with Gasteiger partial charge in [-0.05, 0) is 48.5 Å². The molecule has 0 aliphatic heterocycles. The lowest BCUT2D eigenvalue weighted by molar-refractivity contribution is -0.118. The predicted octanol–water partition coefficient (Wildman–Crippen LogP) is 1.96. The van der Waals surface area contributed by atoms with E-state index in [9.17, 15) is 13.2 Å². The molecule has 134 valence electrons. The molecule has 2 rings (SSSR count). The van der Waals surface area contributed by atoms with E-state index in [-0.39, 0.29) is 17.4 Å². The Kier molecular flexibility index (Phi) is 6.00. The summed E-state index contributed by atoms with van der Waals surface area (Å²) in [7, 11) is 0.999. The summed E-state index contributed by atoms with van der Waals surface area (Å²) in [6.07, 6.45) is 0. The van der Waals surface area contributed by atoms with Gasteiger partial charge >= 0.3 is 0 Å². The highest BCUT2D eigenvalue weighted by Gasteiger charge is 2.16. The second-order valence-electron chi connectivity index (χ2n) is 5.32. The molecular weight excluding hydrogens is 344 g/mol. The molecule has 0 aromatic heterocycles. The van der Waals surface area contributed by atoms with Gasteiger partial charge in [0.15, 0.2) is 6.61 Å². The van der Waals surface area contributed by atoms with Gasteiger partial charge in [0.2, 0.25) is 10.0 Å². The minimum absolute atomic E-state index is 0.157. The number of methoxy groups -OCH3 is 1. The van der Waals surface area contributed by atoms with Crippen LogP contribution in [0.4, 0.5) is 5.69 Å². The fourth-order valence-corrected chi connectivity index (χ4v) is 2.84. The minimum Gasteiger partial charge on any atom is -0.497 e. The van der Waals surface area contributed by atoms with Crippen LogP contribution in [0.15, 0.2) is 53.4 Å². The van der Waals surface area contributed by atoms with Crippen molar-refractivity contribution in [1.82, 2.24) is 4.31 Å². The lowest BCUT2D eigenvalue weighted by atomic mass is 10.3. The number of carbonyl (C=O) groups excluding carboxylic acids is 1. The summed E-state index contributed by atoms with van der Waals surface area (Å²) < 4.78 is 35.5. The van der Waals surface area contributed by atoms with Gasteiger partial charge in [-0.2, -0.15) is 0 Å².